The Morgan fingerprint density at radius 2 is 1.78 bits per heavy atom. The smallest absolute Gasteiger partial charge is 0.329 e. The van der Waals surface area contributed by atoms with Gasteiger partial charge in [0.05, 0.1) is 16.1 Å². The molecule has 0 radical (unpaired) electrons. The number of aromatic nitrogens is 4. The third-order valence-electron chi connectivity index (χ3n) is 5.80. The molecule has 2 aromatic heterocycles. The van der Waals surface area contributed by atoms with Crippen molar-refractivity contribution < 1.29 is 21.6 Å². The Bertz CT molecular complexity index is 1710. The molecule has 0 spiro atoms. The zero-order valence-corrected chi connectivity index (χ0v) is 22.0. The number of nitrogens with two attached hydrogens (primary N) is 1. The molecule has 194 valence electrons. The lowest BCUT2D eigenvalue weighted by Gasteiger charge is -2.23. The quantitative estimate of drug-likeness (QED) is 0.306. The first-order chi connectivity index (χ1) is 17.4. The number of anilines is 4. The number of sulfonamides is 1. The van der Waals surface area contributed by atoms with Crippen LogP contribution in [0.5, 0.6) is 0 Å². The van der Waals surface area contributed by atoms with Crippen LogP contribution in [0, 0.1) is 13.8 Å². The topological polar surface area (TPSA) is 173 Å². The molecule has 2 heterocycles. The second-order valence-electron chi connectivity index (χ2n) is 8.19. The lowest BCUT2D eigenvalue weighted by Crippen LogP contribution is -2.37. The maximum absolute atomic E-state index is 12.9. The fraction of sp³-hybridized carbons (Fsp3) is 0.182. The van der Waals surface area contributed by atoms with Gasteiger partial charge in [0.25, 0.3) is 0 Å². The van der Waals surface area contributed by atoms with Crippen LogP contribution >= 0.6 is 0 Å². The lowest BCUT2D eigenvalue weighted by atomic mass is 10.2. The summed E-state index contributed by atoms with van der Waals surface area (Å²) in [5.41, 5.74) is 2.89. The fourth-order valence-corrected chi connectivity index (χ4v) is 4.84. The summed E-state index contributed by atoms with van der Waals surface area (Å²) in [6.07, 6.45) is 1.39. The monoisotopic (exact) mass is 544 g/mol. The van der Waals surface area contributed by atoms with Crippen LogP contribution in [-0.2, 0) is 28.0 Å². The molecular formula is C22H24N8O5S2. The molecule has 0 aliphatic rings. The number of aryl methyl sites for hydroxylation is 3. The predicted octanol–water partition coefficient (Wildman–Crippen LogP) is 1.77. The van der Waals surface area contributed by atoms with Crippen molar-refractivity contribution in [2.75, 3.05) is 16.8 Å². The minimum Gasteiger partial charge on any atom is -0.329 e. The second-order valence-corrected chi connectivity index (χ2v) is 10.5. The van der Waals surface area contributed by atoms with Crippen molar-refractivity contribution in [2.24, 2.45) is 12.2 Å². The van der Waals surface area contributed by atoms with Crippen molar-refractivity contribution >= 4 is 61.0 Å². The number of primary sulfonamides is 1. The zero-order valence-electron chi connectivity index (χ0n) is 20.3. The molecule has 0 atom stereocenters. The number of benzene rings is 2. The van der Waals surface area contributed by atoms with E-state index in [-0.39, 0.29) is 16.5 Å². The van der Waals surface area contributed by atoms with Gasteiger partial charge in [-0.25, -0.2) is 41.4 Å². The summed E-state index contributed by atoms with van der Waals surface area (Å²) in [6.45, 7) is 3.51. The minimum absolute atomic E-state index is 0.00541. The third kappa shape index (κ3) is 5.23. The molecule has 0 unspecified atom stereocenters. The number of carbonyl (C=O) groups is 1. The maximum atomic E-state index is 12.9. The predicted molar refractivity (Wildman–Crippen MR) is 139 cm³/mol. The van der Waals surface area contributed by atoms with Gasteiger partial charge in [-0.05, 0) is 55.8 Å². The summed E-state index contributed by atoms with van der Waals surface area (Å²) in [7, 11) is -3.84. The number of urea groups is 1. The largest absolute Gasteiger partial charge is 0.342 e. The van der Waals surface area contributed by atoms with E-state index in [4.69, 9.17) is 5.14 Å². The summed E-state index contributed by atoms with van der Waals surface area (Å²) >= 11 is 0. The van der Waals surface area contributed by atoms with Crippen LogP contribution in [0.4, 0.5) is 27.9 Å². The van der Waals surface area contributed by atoms with Crippen LogP contribution in [0.3, 0.4) is 0 Å². The summed E-state index contributed by atoms with van der Waals surface area (Å²) in [5, 5.41) is 10.8. The molecule has 0 saturated carbocycles. The lowest BCUT2D eigenvalue weighted by molar-refractivity contribution is 0.253. The Hall–Kier alpha value is -4.08. The van der Waals surface area contributed by atoms with E-state index in [0.717, 1.165) is 33.3 Å². The molecule has 2 aromatic carbocycles. The molecule has 37 heavy (non-hydrogen) atoms. The van der Waals surface area contributed by atoms with Crippen molar-refractivity contribution in [1.82, 2.24) is 24.5 Å². The molecule has 2 amide bonds. The number of fused-ring (bicyclic) bond motifs is 1. The fourth-order valence-electron chi connectivity index (χ4n) is 3.78. The third-order valence-corrected chi connectivity index (χ3v) is 7.23. The number of hydrogen-bond acceptors (Lipinski definition) is 9. The van der Waals surface area contributed by atoms with Gasteiger partial charge in [-0.2, -0.15) is 10.1 Å². The van der Waals surface area contributed by atoms with Gasteiger partial charge in [0.1, 0.15) is 5.82 Å². The van der Waals surface area contributed by atoms with E-state index in [9.17, 15) is 21.6 Å². The first-order valence-corrected chi connectivity index (χ1v) is 13.5. The molecule has 4 rings (SSSR count). The number of thiol groups is 1. The number of rotatable bonds is 6. The molecular weight excluding hydrogens is 520 g/mol. The van der Waals surface area contributed by atoms with Crippen LogP contribution in [0.15, 0.2) is 53.6 Å². The van der Waals surface area contributed by atoms with Crippen molar-refractivity contribution in [3.8, 4) is 0 Å². The second kappa shape index (κ2) is 9.76. The highest BCUT2D eigenvalue weighted by atomic mass is 32.2. The van der Waals surface area contributed by atoms with Crippen molar-refractivity contribution in [3.63, 3.8) is 0 Å². The molecule has 0 aliphatic heterocycles. The normalized spacial score (nSPS) is 11.6. The molecule has 13 nitrogen and oxygen atoms in total. The van der Waals surface area contributed by atoms with E-state index >= 15 is 0 Å². The number of hydrogen-bond donors (Lipinski definition) is 3. The van der Waals surface area contributed by atoms with E-state index in [2.05, 4.69) is 15.1 Å². The highest BCUT2D eigenvalue weighted by Crippen LogP contribution is 2.30. The molecule has 0 fully saturated rings. The van der Waals surface area contributed by atoms with Gasteiger partial charge in [-0.3, -0.25) is 4.68 Å². The zero-order chi connectivity index (χ0) is 27.1. The van der Waals surface area contributed by atoms with Crippen LogP contribution in [-0.4, -0.2) is 49.7 Å². The van der Waals surface area contributed by atoms with E-state index < -0.39 is 26.9 Å². The number of carbonyl (C=O) groups excluding carboxylic acids is 1. The molecule has 15 heteroatoms. The average molecular weight is 545 g/mol. The number of nitrogens with one attached hydrogen (secondary N) is 1. The van der Waals surface area contributed by atoms with Gasteiger partial charge >= 0.3 is 6.03 Å². The molecule has 0 saturated heterocycles. The summed E-state index contributed by atoms with van der Waals surface area (Å²) in [5.74, 6) is 0.178. The highest BCUT2D eigenvalue weighted by Gasteiger charge is 2.25. The summed E-state index contributed by atoms with van der Waals surface area (Å²) in [4.78, 5) is 23.8. The van der Waals surface area contributed by atoms with E-state index in [0.29, 0.717) is 11.4 Å². The molecule has 4 aromatic rings. The number of nitrogens with zero attached hydrogens (tertiary/aromatic N) is 6. The molecule has 3 N–H and O–H groups in total. The first-order valence-electron chi connectivity index (χ1n) is 10.8. The Morgan fingerprint density at radius 3 is 2.46 bits per heavy atom. The Kier molecular flexibility index (Phi) is 6.86. The van der Waals surface area contributed by atoms with Crippen molar-refractivity contribution in [1.29, 1.82) is 0 Å². The first kappa shape index (κ1) is 26.0. The Morgan fingerprint density at radius 1 is 1.08 bits per heavy atom. The molecule has 0 bridgehead atoms. The van der Waals surface area contributed by atoms with Crippen molar-refractivity contribution in [2.45, 2.75) is 18.7 Å². The summed E-state index contributed by atoms with van der Waals surface area (Å²) < 4.78 is 50.2. The van der Waals surface area contributed by atoms with Crippen LogP contribution in [0.25, 0.3) is 10.9 Å². The van der Waals surface area contributed by atoms with Crippen LogP contribution in [0.1, 0.15) is 11.3 Å². The molecule has 0 aliphatic carbocycles. The average Bonchev–Trinajstić information content (AvgIpc) is 3.11. The van der Waals surface area contributed by atoms with Crippen LogP contribution in [0.2, 0.25) is 0 Å². The number of amides is 2. The summed E-state index contributed by atoms with van der Waals surface area (Å²) in [6, 6.07) is 10.2. The standard InChI is InChI=1S/C22H24N8O5S2/c1-13-5-6-16(12-19(13)37(23,34)35)30(22(31)27-36(32)33)21-24-10-9-20(25-21)28(3)15-7-8-17-14(2)29(4)26-18(17)11-15/h5-12,36H,1-4H3,(H2,23,34,35)(H,27,31,32,33). The van der Waals surface area contributed by atoms with Gasteiger partial charge in [0, 0.05) is 37.1 Å². The SMILES string of the molecule is Cc1ccc(N(C(=O)N[SH](=O)=O)c2nccc(N(C)c3ccc4c(C)n(C)nc4c3)n2)cc1S(N)(=O)=O. The van der Waals surface area contributed by atoms with E-state index in [1.165, 1.54) is 25.3 Å². The Balaban J connectivity index is 1.80. The van der Waals surface area contributed by atoms with Crippen molar-refractivity contribution in [3.05, 3.63) is 59.9 Å². The minimum atomic E-state index is -4.13. The van der Waals surface area contributed by atoms with Gasteiger partial charge in [0.2, 0.25) is 26.9 Å². The van der Waals surface area contributed by atoms with Crippen LogP contribution < -0.4 is 19.7 Å². The van der Waals surface area contributed by atoms with Gasteiger partial charge in [0.15, 0.2) is 0 Å². The maximum Gasteiger partial charge on any atom is 0.342 e. The van der Waals surface area contributed by atoms with E-state index in [1.54, 1.807) is 27.4 Å². The van der Waals surface area contributed by atoms with Gasteiger partial charge in [-0.15, -0.1) is 0 Å². The van der Waals surface area contributed by atoms with Gasteiger partial charge < -0.3 is 4.90 Å². The Labute approximate surface area is 214 Å². The van der Waals surface area contributed by atoms with E-state index in [1.807, 2.05) is 32.2 Å². The van der Waals surface area contributed by atoms with Gasteiger partial charge in [-0.1, -0.05) is 6.07 Å². The highest BCUT2D eigenvalue weighted by molar-refractivity contribution is 7.89.